The third kappa shape index (κ3) is 3.85. The lowest BCUT2D eigenvalue weighted by Crippen LogP contribution is -2.41. The minimum Gasteiger partial charge on any atom is -0.495 e. The third-order valence-electron chi connectivity index (χ3n) is 5.05. The first-order chi connectivity index (χ1) is 14.5. The van der Waals surface area contributed by atoms with Crippen LogP contribution < -0.4 is 15.5 Å². The highest BCUT2D eigenvalue weighted by Gasteiger charge is 2.37. The van der Waals surface area contributed by atoms with Crippen LogP contribution in [0.5, 0.6) is 5.75 Å². The molecule has 0 fully saturated rings. The van der Waals surface area contributed by atoms with Crippen molar-refractivity contribution in [2.24, 2.45) is 0 Å². The number of fused-ring (bicyclic) bond motifs is 1. The van der Waals surface area contributed by atoms with E-state index < -0.39 is 5.25 Å². The quantitative estimate of drug-likeness (QED) is 0.614. The fourth-order valence-corrected chi connectivity index (χ4v) is 4.83. The Morgan fingerprint density at radius 3 is 2.83 bits per heavy atom. The first-order valence-electron chi connectivity index (χ1n) is 9.59. The van der Waals surface area contributed by atoms with Gasteiger partial charge in [-0.2, -0.15) is 0 Å². The summed E-state index contributed by atoms with van der Waals surface area (Å²) in [6.45, 7) is 3.93. The van der Waals surface area contributed by atoms with Gasteiger partial charge in [0.05, 0.1) is 18.2 Å². The van der Waals surface area contributed by atoms with Crippen LogP contribution in [-0.4, -0.2) is 33.1 Å². The van der Waals surface area contributed by atoms with Crippen molar-refractivity contribution in [2.75, 3.05) is 17.9 Å². The van der Waals surface area contributed by atoms with Gasteiger partial charge in [0, 0.05) is 5.69 Å². The Kier molecular flexibility index (Phi) is 5.87. The molecule has 0 aliphatic carbocycles. The monoisotopic (exact) mass is 443 g/mol. The van der Waals surface area contributed by atoms with E-state index in [4.69, 9.17) is 16.3 Å². The molecule has 156 valence electrons. The van der Waals surface area contributed by atoms with Gasteiger partial charge in [-0.15, -0.1) is 10.2 Å². The van der Waals surface area contributed by atoms with Crippen molar-refractivity contribution in [3.05, 3.63) is 64.4 Å². The summed E-state index contributed by atoms with van der Waals surface area (Å²) >= 11 is 7.74. The van der Waals surface area contributed by atoms with Crippen molar-refractivity contribution < 1.29 is 9.53 Å². The van der Waals surface area contributed by atoms with Gasteiger partial charge in [0.15, 0.2) is 0 Å². The summed E-state index contributed by atoms with van der Waals surface area (Å²) in [5, 5.41) is 12.1. The number of nitrogens with zero attached hydrogens (tertiary/aromatic N) is 3. The Labute approximate surface area is 184 Å². The van der Waals surface area contributed by atoms with Crippen LogP contribution >= 0.6 is 23.4 Å². The fourth-order valence-electron chi connectivity index (χ4n) is 3.44. The van der Waals surface area contributed by atoms with Crippen molar-refractivity contribution in [1.29, 1.82) is 0 Å². The molecule has 2 atom stereocenters. The zero-order chi connectivity index (χ0) is 21.3. The van der Waals surface area contributed by atoms with E-state index in [1.54, 1.807) is 17.9 Å². The standard InChI is InChI=1S/C21H22ClN5O2S/c1-4-13-7-5-6-8-16(13)23-20(28)19-18(14-9-10-17(29-3)15(22)11-14)26-27-12(2)24-25-21(27)30-19/h5-11,18-19,26H,4H2,1-3H3,(H,23,28)/t18-,19-/m0/s1. The van der Waals surface area contributed by atoms with Gasteiger partial charge in [0.1, 0.15) is 16.8 Å². The number of anilines is 1. The van der Waals surface area contributed by atoms with Crippen LogP contribution in [0.25, 0.3) is 0 Å². The molecule has 1 aliphatic rings. The molecule has 3 aromatic rings. The Bertz CT molecular complexity index is 1090. The fraction of sp³-hybridized carbons (Fsp3) is 0.286. The number of amides is 1. The molecule has 1 amide bonds. The number of methoxy groups -OCH3 is 1. The molecule has 2 N–H and O–H groups in total. The lowest BCUT2D eigenvalue weighted by atomic mass is 10.0. The second-order valence-corrected chi connectivity index (χ2v) is 8.42. The van der Waals surface area contributed by atoms with Crippen molar-refractivity contribution >= 4 is 35.0 Å². The Hall–Kier alpha value is -2.71. The maximum Gasteiger partial charge on any atom is 0.240 e. The number of thioether (sulfide) groups is 1. The van der Waals surface area contributed by atoms with Gasteiger partial charge in [-0.3, -0.25) is 4.79 Å². The van der Waals surface area contributed by atoms with Crippen LogP contribution in [0.15, 0.2) is 47.6 Å². The molecule has 0 saturated carbocycles. The van der Waals surface area contributed by atoms with Crippen molar-refractivity contribution in [3.63, 3.8) is 0 Å². The van der Waals surface area contributed by atoms with Crippen LogP contribution in [0.3, 0.4) is 0 Å². The summed E-state index contributed by atoms with van der Waals surface area (Å²) in [7, 11) is 1.57. The average molecular weight is 444 g/mol. The van der Waals surface area contributed by atoms with Gasteiger partial charge in [0.2, 0.25) is 11.1 Å². The lowest BCUT2D eigenvalue weighted by Gasteiger charge is -2.33. The third-order valence-corrected chi connectivity index (χ3v) is 6.56. The minimum absolute atomic E-state index is 0.114. The number of nitrogens with one attached hydrogen (secondary N) is 2. The van der Waals surface area contributed by atoms with E-state index in [1.807, 2.05) is 43.3 Å². The van der Waals surface area contributed by atoms with Crippen molar-refractivity contribution in [1.82, 2.24) is 14.9 Å². The predicted molar refractivity (Wildman–Crippen MR) is 119 cm³/mol. The molecule has 9 heteroatoms. The summed E-state index contributed by atoms with van der Waals surface area (Å²) in [5.74, 6) is 1.19. The summed E-state index contributed by atoms with van der Waals surface area (Å²) in [4.78, 5) is 13.4. The van der Waals surface area contributed by atoms with Crippen LogP contribution in [0.4, 0.5) is 5.69 Å². The molecular weight excluding hydrogens is 422 g/mol. The van der Waals surface area contributed by atoms with E-state index in [2.05, 4.69) is 27.9 Å². The lowest BCUT2D eigenvalue weighted by molar-refractivity contribution is -0.116. The van der Waals surface area contributed by atoms with Gasteiger partial charge in [0.25, 0.3) is 0 Å². The molecule has 0 radical (unpaired) electrons. The number of ether oxygens (including phenoxy) is 1. The van der Waals surface area contributed by atoms with Gasteiger partial charge >= 0.3 is 0 Å². The van der Waals surface area contributed by atoms with Crippen molar-refractivity contribution in [3.8, 4) is 5.75 Å². The Balaban J connectivity index is 1.69. The normalized spacial score (nSPS) is 17.7. The molecule has 30 heavy (non-hydrogen) atoms. The highest BCUT2D eigenvalue weighted by molar-refractivity contribution is 8.00. The van der Waals surface area contributed by atoms with Crippen LogP contribution in [0, 0.1) is 6.92 Å². The largest absolute Gasteiger partial charge is 0.495 e. The summed E-state index contributed by atoms with van der Waals surface area (Å²) in [5.41, 5.74) is 6.16. The molecule has 2 heterocycles. The second kappa shape index (κ2) is 8.57. The number of hydrogen-bond acceptors (Lipinski definition) is 6. The van der Waals surface area contributed by atoms with E-state index in [-0.39, 0.29) is 11.9 Å². The first kappa shape index (κ1) is 20.6. The van der Waals surface area contributed by atoms with Gasteiger partial charge in [-0.05, 0) is 42.7 Å². The smallest absolute Gasteiger partial charge is 0.240 e. The van der Waals surface area contributed by atoms with E-state index in [9.17, 15) is 4.79 Å². The van der Waals surface area contributed by atoms with Gasteiger partial charge < -0.3 is 15.5 Å². The van der Waals surface area contributed by atoms with E-state index >= 15 is 0 Å². The number of carbonyl (C=O) groups excluding carboxylic acids is 1. The highest BCUT2D eigenvalue weighted by Crippen LogP contribution is 2.39. The zero-order valence-electron chi connectivity index (χ0n) is 16.8. The highest BCUT2D eigenvalue weighted by atomic mass is 35.5. The SMILES string of the molecule is CCc1ccccc1NC(=O)[C@H]1Sc2nnc(C)n2N[C@H]1c1ccc(OC)c(Cl)c1. The maximum absolute atomic E-state index is 13.4. The maximum atomic E-state index is 13.4. The minimum atomic E-state index is -0.476. The van der Waals surface area contributed by atoms with Crippen LogP contribution in [0.1, 0.15) is 29.9 Å². The summed E-state index contributed by atoms with van der Waals surface area (Å²) in [6.07, 6.45) is 0.831. The second-order valence-electron chi connectivity index (χ2n) is 6.90. The first-order valence-corrected chi connectivity index (χ1v) is 10.8. The molecule has 0 spiro atoms. The number of aromatic nitrogens is 3. The predicted octanol–water partition coefficient (Wildman–Crippen LogP) is 4.21. The molecule has 1 aliphatic heterocycles. The molecular formula is C21H22ClN5O2S. The summed E-state index contributed by atoms with van der Waals surface area (Å²) in [6, 6.07) is 13.0. The zero-order valence-corrected chi connectivity index (χ0v) is 18.4. The molecule has 1 aromatic heterocycles. The Morgan fingerprint density at radius 2 is 2.10 bits per heavy atom. The number of para-hydroxylation sites is 1. The number of hydrogen-bond donors (Lipinski definition) is 2. The molecule has 0 bridgehead atoms. The van der Waals surface area contributed by atoms with Gasteiger partial charge in [-0.1, -0.05) is 54.6 Å². The number of benzene rings is 2. The average Bonchev–Trinajstić information content (AvgIpc) is 3.13. The molecule has 0 unspecified atom stereocenters. The van der Waals surface area contributed by atoms with Crippen molar-refractivity contribution in [2.45, 2.75) is 36.7 Å². The molecule has 4 rings (SSSR count). The summed E-state index contributed by atoms with van der Waals surface area (Å²) < 4.78 is 7.07. The number of aryl methyl sites for hydroxylation is 2. The number of halogens is 1. The van der Waals surface area contributed by atoms with E-state index in [1.165, 1.54) is 11.8 Å². The van der Waals surface area contributed by atoms with Crippen LogP contribution in [-0.2, 0) is 11.2 Å². The molecule has 7 nitrogen and oxygen atoms in total. The molecule has 0 saturated heterocycles. The van der Waals surface area contributed by atoms with Gasteiger partial charge in [-0.25, -0.2) is 4.68 Å². The Morgan fingerprint density at radius 1 is 1.30 bits per heavy atom. The number of rotatable bonds is 5. The topological polar surface area (TPSA) is 81.1 Å². The number of carbonyl (C=O) groups is 1. The molecule has 2 aromatic carbocycles. The van der Waals surface area contributed by atoms with E-state index in [0.29, 0.717) is 15.9 Å². The van der Waals surface area contributed by atoms with E-state index in [0.717, 1.165) is 29.1 Å². The van der Waals surface area contributed by atoms with Crippen LogP contribution in [0.2, 0.25) is 5.02 Å².